The number of amides is 1. The van der Waals surface area contributed by atoms with Gasteiger partial charge >= 0.3 is 0 Å². The molecule has 128 valence electrons. The van der Waals surface area contributed by atoms with Crippen molar-refractivity contribution in [3.63, 3.8) is 0 Å². The third kappa shape index (κ3) is 4.02. The molecule has 7 heteroatoms. The Morgan fingerprint density at radius 2 is 2.29 bits per heavy atom. The largest absolute Gasteiger partial charge is 0.356 e. The molecule has 0 spiro atoms. The summed E-state index contributed by atoms with van der Waals surface area (Å²) in [5.74, 6) is -0.0426. The fraction of sp³-hybridized carbons (Fsp3) is 0.471. The highest BCUT2D eigenvalue weighted by molar-refractivity contribution is 7.71. The molecule has 1 aliphatic rings. The molecule has 2 heterocycles. The second-order valence-electron chi connectivity index (χ2n) is 6.01. The van der Waals surface area contributed by atoms with Gasteiger partial charge in [-0.05, 0) is 55.8 Å². The number of fused-ring (bicyclic) bond motifs is 1. The summed E-state index contributed by atoms with van der Waals surface area (Å²) in [4.78, 5) is 27.4. The maximum atomic E-state index is 12.4. The monoisotopic (exact) mass is 363 g/mol. The van der Waals surface area contributed by atoms with E-state index in [4.69, 9.17) is 12.2 Å². The molecule has 24 heavy (non-hydrogen) atoms. The van der Waals surface area contributed by atoms with E-state index in [2.05, 4.69) is 16.4 Å². The van der Waals surface area contributed by atoms with Crippen molar-refractivity contribution in [2.75, 3.05) is 6.54 Å². The molecule has 5 nitrogen and oxygen atoms in total. The maximum Gasteiger partial charge on any atom is 0.272 e. The van der Waals surface area contributed by atoms with E-state index in [1.165, 1.54) is 34.3 Å². The quantitative estimate of drug-likeness (QED) is 0.609. The number of aromatic amines is 1. The van der Waals surface area contributed by atoms with E-state index in [0.717, 1.165) is 24.8 Å². The van der Waals surface area contributed by atoms with Crippen molar-refractivity contribution in [1.82, 2.24) is 14.9 Å². The second-order valence-corrected chi connectivity index (χ2v) is 7.31. The summed E-state index contributed by atoms with van der Waals surface area (Å²) in [6.45, 7) is 0.965. The number of nitrogens with zero attached hydrogens (tertiary/aromatic N) is 1. The Hall–Kier alpha value is -1.73. The lowest BCUT2D eigenvalue weighted by Crippen LogP contribution is -2.28. The molecule has 1 amide bonds. The summed E-state index contributed by atoms with van der Waals surface area (Å²) >= 11 is 6.61. The fourth-order valence-corrected chi connectivity index (χ4v) is 4.05. The zero-order valence-corrected chi connectivity index (χ0v) is 15.1. The lowest BCUT2D eigenvalue weighted by molar-refractivity contribution is -0.121. The average Bonchev–Trinajstić information content (AvgIpc) is 3.04. The Kier molecular flexibility index (Phi) is 5.63. The van der Waals surface area contributed by atoms with Crippen LogP contribution in [0.1, 0.15) is 38.5 Å². The SMILES string of the molecule is O=C(CCn1c(=S)[nH]c2ccsc2c1=O)NCCC1=CCCCC1. The molecule has 0 atom stereocenters. The maximum absolute atomic E-state index is 12.4. The summed E-state index contributed by atoms with van der Waals surface area (Å²) < 4.78 is 2.48. The molecule has 2 aromatic rings. The van der Waals surface area contributed by atoms with Crippen molar-refractivity contribution in [2.24, 2.45) is 0 Å². The normalized spacial score (nSPS) is 14.6. The zero-order valence-electron chi connectivity index (χ0n) is 13.5. The van der Waals surface area contributed by atoms with E-state index >= 15 is 0 Å². The molecular formula is C17H21N3O2S2. The molecule has 0 aliphatic heterocycles. The van der Waals surface area contributed by atoms with Crippen molar-refractivity contribution in [3.8, 4) is 0 Å². The Morgan fingerprint density at radius 3 is 3.08 bits per heavy atom. The second kappa shape index (κ2) is 7.90. The van der Waals surface area contributed by atoms with Gasteiger partial charge in [-0.25, -0.2) is 0 Å². The number of aromatic nitrogens is 2. The number of rotatable bonds is 6. The smallest absolute Gasteiger partial charge is 0.272 e. The first-order valence-electron chi connectivity index (χ1n) is 8.30. The van der Waals surface area contributed by atoms with Gasteiger partial charge in [0.05, 0.1) is 5.52 Å². The first-order chi connectivity index (χ1) is 11.6. The molecule has 0 aromatic carbocycles. The van der Waals surface area contributed by atoms with Crippen LogP contribution in [0.5, 0.6) is 0 Å². The molecule has 1 aliphatic carbocycles. The average molecular weight is 364 g/mol. The number of carbonyl (C=O) groups excluding carboxylic acids is 1. The highest BCUT2D eigenvalue weighted by Crippen LogP contribution is 2.19. The minimum atomic E-state index is -0.121. The van der Waals surface area contributed by atoms with E-state index in [1.807, 2.05) is 11.4 Å². The predicted molar refractivity (Wildman–Crippen MR) is 100 cm³/mol. The van der Waals surface area contributed by atoms with Gasteiger partial charge in [0.2, 0.25) is 5.91 Å². The van der Waals surface area contributed by atoms with E-state index < -0.39 is 0 Å². The molecular weight excluding hydrogens is 342 g/mol. The molecule has 2 N–H and O–H groups in total. The zero-order chi connectivity index (χ0) is 16.9. The van der Waals surface area contributed by atoms with Crippen LogP contribution in [-0.2, 0) is 11.3 Å². The number of allylic oxidation sites excluding steroid dienone is 1. The van der Waals surface area contributed by atoms with Crippen LogP contribution < -0.4 is 10.9 Å². The first kappa shape index (κ1) is 17.1. The third-order valence-electron chi connectivity index (χ3n) is 4.31. The number of thiophene rings is 1. The molecule has 0 saturated carbocycles. The first-order valence-corrected chi connectivity index (χ1v) is 9.59. The molecule has 0 bridgehead atoms. The van der Waals surface area contributed by atoms with Crippen molar-refractivity contribution in [2.45, 2.75) is 45.1 Å². The van der Waals surface area contributed by atoms with E-state index in [-0.39, 0.29) is 17.9 Å². The van der Waals surface area contributed by atoms with Crippen molar-refractivity contribution in [1.29, 1.82) is 0 Å². The molecule has 0 radical (unpaired) electrons. The van der Waals surface area contributed by atoms with Crippen LogP contribution in [0.15, 0.2) is 27.9 Å². The van der Waals surface area contributed by atoms with Gasteiger partial charge in [-0.3, -0.25) is 14.2 Å². The van der Waals surface area contributed by atoms with E-state index in [0.29, 0.717) is 22.6 Å². The Labute approximate surface area is 149 Å². The van der Waals surface area contributed by atoms with Gasteiger partial charge in [-0.1, -0.05) is 11.6 Å². The Bertz CT molecular complexity index is 876. The van der Waals surface area contributed by atoms with Crippen LogP contribution in [0.25, 0.3) is 10.2 Å². The summed E-state index contributed by atoms with van der Waals surface area (Å²) in [6, 6.07) is 1.84. The van der Waals surface area contributed by atoms with Gasteiger partial charge in [-0.2, -0.15) is 0 Å². The molecule has 0 saturated heterocycles. The van der Waals surface area contributed by atoms with Gasteiger partial charge in [0, 0.05) is 19.5 Å². The Balaban J connectivity index is 1.54. The molecule has 0 unspecified atom stereocenters. The van der Waals surface area contributed by atoms with Crippen LogP contribution in [0.4, 0.5) is 0 Å². The van der Waals surface area contributed by atoms with Crippen LogP contribution in [-0.4, -0.2) is 22.0 Å². The summed E-state index contributed by atoms with van der Waals surface area (Å²) in [6.07, 6.45) is 8.33. The van der Waals surface area contributed by atoms with E-state index in [1.54, 1.807) is 0 Å². The lowest BCUT2D eigenvalue weighted by atomic mass is 9.97. The van der Waals surface area contributed by atoms with Gasteiger partial charge in [0.15, 0.2) is 4.77 Å². The van der Waals surface area contributed by atoms with Crippen LogP contribution in [0.2, 0.25) is 0 Å². The number of carbonyl (C=O) groups is 1. The van der Waals surface area contributed by atoms with Crippen molar-refractivity contribution < 1.29 is 4.79 Å². The number of nitrogens with one attached hydrogen (secondary N) is 2. The van der Waals surface area contributed by atoms with Gasteiger partial charge < -0.3 is 10.3 Å². The van der Waals surface area contributed by atoms with Crippen LogP contribution in [0, 0.1) is 4.77 Å². The minimum absolute atomic E-state index is 0.0426. The molecule has 2 aromatic heterocycles. The summed E-state index contributed by atoms with van der Waals surface area (Å²) in [7, 11) is 0. The van der Waals surface area contributed by atoms with Gasteiger partial charge in [0.1, 0.15) is 4.70 Å². The van der Waals surface area contributed by atoms with Gasteiger partial charge in [0.25, 0.3) is 5.56 Å². The number of H-pyrrole nitrogens is 1. The van der Waals surface area contributed by atoms with Gasteiger partial charge in [-0.15, -0.1) is 11.3 Å². The molecule has 0 fully saturated rings. The topological polar surface area (TPSA) is 66.9 Å². The highest BCUT2D eigenvalue weighted by Gasteiger charge is 2.09. The van der Waals surface area contributed by atoms with Crippen molar-refractivity contribution >= 4 is 39.7 Å². The highest BCUT2D eigenvalue weighted by atomic mass is 32.1. The van der Waals surface area contributed by atoms with Crippen molar-refractivity contribution in [3.05, 3.63) is 38.2 Å². The molecule has 3 rings (SSSR count). The Morgan fingerprint density at radius 1 is 1.42 bits per heavy atom. The fourth-order valence-electron chi connectivity index (χ4n) is 2.97. The minimum Gasteiger partial charge on any atom is -0.356 e. The summed E-state index contributed by atoms with van der Waals surface area (Å²) in [5, 5.41) is 4.79. The number of hydrogen-bond donors (Lipinski definition) is 2. The number of hydrogen-bond acceptors (Lipinski definition) is 4. The standard InChI is InChI=1S/C17H21N3O2S2/c21-14(18-9-6-12-4-2-1-3-5-12)7-10-20-16(22)15-13(8-11-24-15)19-17(20)23/h4,8,11H,1-3,5-7,9-10H2,(H,18,21)(H,19,23). The summed E-state index contributed by atoms with van der Waals surface area (Å²) in [5.41, 5.74) is 2.09. The third-order valence-corrected chi connectivity index (χ3v) is 5.53. The van der Waals surface area contributed by atoms with Crippen LogP contribution in [0.3, 0.4) is 0 Å². The lowest BCUT2D eigenvalue weighted by Gasteiger charge is -2.13. The predicted octanol–water partition coefficient (Wildman–Crippen LogP) is 3.52. The van der Waals surface area contributed by atoms with E-state index in [9.17, 15) is 9.59 Å². The van der Waals surface area contributed by atoms with Crippen LogP contribution >= 0.6 is 23.6 Å².